The predicted octanol–water partition coefficient (Wildman–Crippen LogP) is 3.96. The van der Waals surface area contributed by atoms with Gasteiger partial charge in [-0.3, -0.25) is 0 Å². The van der Waals surface area contributed by atoms with E-state index in [1.54, 1.807) is 0 Å². The summed E-state index contributed by atoms with van der Waals surface area (Å²) in [6.45, 7) is 1.63. The number of halogens is 2. The van der Waals surface area contributed by atoms with Gasteiger partial charge in [0.2, 0.25) is 0 Å². The second-order valence-corrected chi connectivity index (χ2v) is 6.48. The van der Waals surface area contributed by atoms with Crippen molar-refractivity contribution >= 4 is 37.7 Å². The van der Waals surface area contributed by atoms with E-state index in [0.717, 1.165) is 27.9 Å². The minimum absolute atomic E-state index is 0.798. The summed E-state index contributed by atoms with van der Waals surface area (Å²) in [6.07, 6.45) is 1.84. The fraction of sp³-hybridized carbons (Fsp3) is 0.267. The van der Waals surface area contributed by atoms with E-state index in [1.807, 2.05) is 13.2 Å². The molecule has 0 fully saturated rings. The van der Waals surface area contributed by atoms with E-state index >= 15 is 0 Å². The lowest BCUT2D eigenvalue weighted by Gasteiger charge is -2.21. The summed E-state index contributed by atoms with van der Waals surface area (Å²) in [4.78, 5) is 6.71. The zero-order valence-electron chi connectivity index (χ0n) is 11.5. The van der Waals surface area contributed by atoms with Gasteiger partial charge in [-0.25, -0.2) is 4.98 Å². The number of anilines is 1. The average Bonchev–Trinajstić information content (AvgIpc) is 2.42. The Bertz CT molecular complexity index is 570. The normalized spacial score (nSPS) is 10.6. The first kappa shape index (κ1) is 15.5. The van der Waals surface area contributed by atoms with E-state index < -0.39 is 0 Å². The van der Waals surface area contributed by atoms with E-state index in [2.05, 4.69) is 84.4 Å². The molecule has 20 heavy (non-hydrogen) atoms. The van der Waals surface area contributed by atoms with Crippen molar-refractivity contribution in [1.29, 1.82) is 0 Å². The third kappa shape index (κ3) is 4.04. The Hall–Kier alpha value is -0.910. The van der Waals surface area contributed by atoms with Crippen molar-refractivity contribution in [2.24, 2.45) is 0 Å². The van der Waals surface area contributed by atoms with Gasteiger partial charge in [0.05, 0.1) is 0 Å². The highest BCUT2D eigenvalue weighted by atomic mass is 79.9. The largest absolute Gasteiger partial charge is 0.355 e. The van der Waals surface area contributed by atoms with Gasteiger partial charge in [0.15, 0.2) is 0 Å². The molecule has 5 heteroatoms. The van der Waals surface area contributed by atoms with Crippen LogP contribution in [0, 0.1) is 0 Å². The zero-order valence-corrected chi connectivity index (χ0v) is 14.7. The van der Waals surface area contributed by atoms with Gasteiger partial charge < -0.3 is 10.2 Å². The van der Waals surface area contributed by atoms with Crippen LogP contribution in [0.15, 0.2) is 45.5 Å². The van der Waals surface area contributed by atoms with Gasteiger partial charge in [0, 0.05) is 40.8 Å². The van der Waals surface area contributed by atoms with Gasteiger partial charge >= 0.3 is 0 Å². The number of pyridine rings is 1. The minimum atomic E-state index is 0.798. The van der Waals surface area contributed by atoms with Gasteiger partial charge in [-0.15, -0.1) is 0 Å². The van der Waals surface area contributed by atoms with Crippen LogP contribution in [0.3, 0.4) is 0 Å². The Balaban J connectivity index is 2.19. The maximum Gasteiger partial charge on any atom is 0.133 e. The van der Waals surface area contributed by atoms with E-state index in [-0.39, 0.29) is 0 Å². The highest BCUT2D eigenvalue weighted by molar-refractivity contribution is 9.10. The molecule has 0 aliphatic rings. The van der Waals surface area contributed by atoms with Gasteiger partial charge in [-0.1, -0.05) is 28.1 Å². The summed E-state index contributed by atoms with van der Waals surface area (Å²) in [7, 11) is 4.01. The van der Waals surface area contributed by atoms with Crippen molar-refractivity contribution in [3.05, 3.63) is 56.6 Å². The molecule has 0 aliphatic heterocycles. The third-order valence-corrected chi connectivity index (χ3v) is 3.93. The van der Waals surface area contributed by atoms with Crippen molar-refractivity contribution in [1.82, 2.24) is 10.3 Å². The topological polar surface area (TPSA) is 28.2 Å². The Morgan fingerprint density at radius 2 is 1.85 bits per heavy atom. The highest BCUT2D eigenvalue weighted by Crippen LogP contribution is 2.22. The molecule has 0 radical (unpaired) electrons. The van der Waals surface area contributed by atoms with Crippen LogP contribution in [0.5, 0.6) is 0 Å². The molecule has 0 unspecified atom stereocenters. The van der Waals surface area contributed by atoms with Crippen LogP contribution in [-0.2, 0) is 13.1 Å². The molecule has 3 nitrogen and oxygen atoms in total. The summed E-state index contributed by atoms with van der Waals surface area (Å²) in [5.41, 5.74) is 2.44. The maximum atomic E-state index is 4.54. The molecule has 2 rings (SSSR count). The van der Waals surface area contributed by atoms with Crippen molar-refractivity contribution in [3.8, 4) is 0 Å². The summed E-state index contributed by atoms with van der Waals surface area (Å²) < 4.78 is 2.10. The second kappa shape index (κ2) is 7.20. The number of aromatic nitrogens is 1. The van der Waals surface area contributed by atoms with Gasteiger partial charge in [-0.2, -0.15) is 0 Å². The lowest BCUT2D eigenvalue weighted by Crippen LogP contribution is -2.21. The molecule has 0 bridgehead atoms. The Morgan fingerprint density at radius 3 is 2.50 bits per heavy atom. The number of hydrogen-bond acceptors (Lipinski definition) is 3. The Morgan fingerprint density at radius 1 is 1.15 bits per heavy atom. The van der Waals surface area contributed by atoms with Crippen LogP contribution < -0.4 is 10.2 Å². The van der Waals surface area contributed by atoms with E-state index in [4.69, 9.17) is 0 Å². The monoisotopic (exact) mass is 397 g/mol. The van der Waals surface area contributed by atoms with Gasteiger partial charge in [0.25, 0.3) is 0 Å². The fourth-order valence-corrected chi connectivity index (χ4v) is 2.72. The third-order valence-electron chi connectivity index (χ3n) is 2.97. The molecule has 1 aromatic heterocycles. The van der Waals surface area contributed by atoms with Gasteiger partial charge in [-0.05, 0) is 46.7 Å². The summed E-state index contributed by atoms with van der Waals surface area (Å²) in [5, 5.41) is 3.18. The van der Waals surface area contributed by atoms with Crippen LogP contribution >= 0.6 is 31.9 Å². The first-order chi connectivity index (χ1) is 9.60. The Kier molecular flexibility index (Phi) is 5.57. The average molecular weight is 399 g/mol. The molecule has 0 aliphatic carbocycles. The number of benzene rings is 1. The summed E-state index contributed by atoms with van der Waals surface area (Å²) in [6, 6.07) is 10.5. The lowest BCUT2D eigenvalue weighted by atomic mass is 10.2. The van der Waals surface area contributed by atoms with E-state index in [1.165, 1.54) is 11.1 Å². The molecule has 0 amide bonds. The van der Waals surface area contributed by atoms with Crippen molar-refractivity contribution in [3.63, 3.8) is 0 Å². The molecule has 0 spiro atoms. The van der Waals surface area contributed by atoms with Crippen LogP contribution in [-0.4, -0.2) is 19.1 Å². The van der Waals surface area contributed by atoms with Crippen molar-refractivity contribution in [2.75, 3.05) is 19.0 Å². The molecule has 1 heterocycles. The maximum absolute atomic E-state index is 4.54. The van der Waals surface area contributed by atoms with Crippen LogP contribution in [0.2, 0.25) is 0 Å². The lowest BCUT2D eigenvalue weighted by molar-refractivity contribution is 0.794. The Labute approximate surface area is 136 Å². The first-order valence-electron chi connectivity index (χ1n) is 6.34. The van der Waals surface area contributed by atoms with Crippen LogP contribution in [0.25, 0.3) is 0 Å². The standard InChI is InChI=1S/C15H17Br2N3/c1-18-8-12-7-14(17)9-19-15(12)20(2)10-11-3-5-13(16)6-4-11/h3-7,9,18H,8,10H2,1-2H3. The number of rotatable bonds is 5. The molecule has 2 aromatic rings. The predicted molar refractivity (Wildman–Crippen MR) is 90.9 cm³/mol. The molecule has 106 valence electrons. The molecule has 0 saturated carbocycles. The van der Waals surface area contributed by atoms with Crippen molar-refractivity contribution in [2.45, 2.75) is 13.1 Å². The number of nitrogens with zero attached hydrogens (tertiary/aromatic N) is 2. The second-order valence-electron chi connectivity index (χ2n) is 4.65. The van der Waals surface area contributed by atoms with E-state index in [0.29, 0.717) is 0 Å². The van der Waals surface area contributed by atoms with Crippen LogP contribution in [0.1, 0.15) is 11.1 Å². The molecular weight excluding hydrogens is 382 g/mol. The summed E-state index contributed by atoms with van der Waals surface area (Å²) >= 11 is 6.93. The zero-order chi connectivity index (χ0) is 14.5. The number of hydrogen-bond donors (Lipinski definition) is 1. The minimum Gasteiger partial charge on any atom is -0.355 e. The molecule has 0 atom stereocenters. The molecular formula is C15H17Br2N3. The highest BCUT2D eigenvalue weighted by Gasteiger charge is 2.10. The van der Waals surface area contributed by atoms with E-state index in [9.17, 15) is 0 Å². The number of nitrogens with one attached hydrogen (secondary N) is 1. The van der Waals surface area contributed by atoms with Gasteiger partial charge in [0.1, 0.15) is 5.82 Å². The van der Waals surface area contributed by atoms with Crippen molar-refractivity contribution < 1.29 is 0 Å². The molecule has 0 saturated heterocycles. The quantitative estimate of drug-likeness (QED) is 0.825. The van der Waals surface area contributed by atoms with Crippen LogP contribution in [0.4, 0.5) is 5.82 Å². The molecule has 1 aromatic carbocycles. The smallest absolute Gasteiger partial charge is 0.133 e. The SMILES string of the molecule is CNCc1cc(Br)cnc1N(C)Cc1ccc(Br)cc1. The fourth-order valence-electron chi connectivity index (χ4n) is 2.08. The first-order valence-corrected chi connectivity index (χ1v) is 7.93. The summed E-state index contributed by atoms with van der Waals surface area (Å²) in [5.74, 6) is 1.01. The molecule has 1 N–H and O–H groups in total.